The normalized spacial score (nSPS) is 11.4. The first kappa shape index (κ1) is 24.7. The molecule has 4 aromatic rings. The number of ether oxygens (including phenoxy) is 2. The number of hydrogen-bond donors (Lipinski definition) is 2. The highest BCUT2D eigenvalue weighted by molar-refractivity contribution is 6.30. The molecule has 4 rings (SSSR count). The molecule has 0 unspecified atom stereocenters. The molecule has 0 saturated carbocycles. The van der Waals surface area contributed by atoms with Crippen LogP contribution in [0.3, 0.4) is 0 Å². The maximum absolute atomic E-state index is 12.3. The fraction of sp³-hybridized carbons (Fsp3) is 0.0833. The predicted molar refractivity (Wildman–Crippen MR) is 131 cm³/mol. The maximum atomic E-state index is 12.3. The summed E-state index contributed by atoms with van der Waals surface area (Å²) >= 11 is 5.95. The molecule has 0 aliphatic rings. The van der Waals surface area contributed by atoms with Gasteiger partial charge in [-0.15, -0.1) is 13.2 Å². The maximum Gasteiger partial charge on any atom is 0.573 e. The van der Waals surface area contributed by atoms with Crippen molar-refractivity contribution in [1.29, 1.82) is 0 Å². The van der Waals surface area contributed by atoms with E-state index in [4.69, 9.17) is 16.3 Å². The highest BCUT2D eigenvalue weighted by Crippen LogP contribution is 2.25. The topological polar surface area (TPSA) is 93.5 Å². The van der Waals surface area contributed by atoms with Gasteiger partial charge in [-0.25, -0.2) is 5.43 Å². The molecule has 0 amide bonds. The lowest BCUT2D eigenvalue weighted by Crippen LogP contribution is -2.17. The van der Waals surface area contributed by atoms with Crippen LogP contribution >= 0.6 is 11.6 Å². The van der Waals surface area contributed by atoms with Crippen molar-refractivity contribution in [1.82, 2.24) is 15.0 Å². The number of hydrogen-bond acceptors (Lipinski definition) is 8. The van der Waals surface area contributed by atoms with Gasteiger partial charge in [0.05, 0.1) is 13.3 Å². The van der Waals surface area contributed by atoms with Gasteiger partial charge in [0, 0.05) is 16.3 Å². The minimum atomic E-state index is -4.76. The van der Waals surface area contributed by atoms with Gasteiger partial charge in [0.25, 0.3) is 0 Å². The fourth-order valence-corrected chi connectivity index (χ4v) is 3.08. The van der Waals surface area contributed by atoms with Gasteiger partial charge in [-0.3, -0.25) is 0 Å². The number of nitrogens with zero attached hydrogens (tertiary/aromatic N) is 4. The van der Waals surface area contributed by atoms with Crippen LogP contribution in [0, 0.1) is 0 Å². The summed E-state index contributed by atoms with van der Waals surface area (Å²) < 4.78 is 46.1. The van der Waals surface area contributed by atoms with Gasteiger partial charge in [0.2, 0.25) is 11.9 Å². The second-order valence-corrected chi connectivity index (χ2v) is 7.59. The molecule has 0 atom stereocenters. The second kappa shape index (κ2) is 10.9. The summed E-state index contributed by atoms with van der Waals surface area (Å²) in [6.07, 6.45) is -3.35. The van der Waals surface area contributed by atoms with E-state index in [1.807, 2.05) is 12.1 Å². The number of halogens is 4. The molecule has 36 heavy (non-hydrogen) atoms. The number of anilines is 3. The minimum Gasteiger partial charge on any atom is -0.497 e. The van der Waals surface area contributed by atoms with Gasteiger partial charge in [0.15, 0.2) is 5.82 Å². The van der Waals surface area contributed by atoms with Crippen molar-refractivity contribution in [3.05, 3.63) is 83.4 Å². The van der Waals surface area contributed by atoms with Crippen molar-refractivity contribution in [3.63, 3.8) is 0 Å². The van der Waals surface area contributed by atoms with Crippen molar-refractivity contribution in [3.8, 4) is 22.9 Å². The Morgan fingerprint density at radius 2 is 1.61 bits per heavy atom. The number of aromatic nitrogens is 3. The van der Waals surface area contributed by atoms with E-state index in [0.29, 0.717) is 33.4 Å². The Kier molecular flexibility index (Phi) is 7.50. The van der Waals surface area contributed by atoms with E-state index in [0.717, 1.165) is 0 Å². The number of alkyl halides is 3. The Balaban J connectivity index is 1.57. The van der Waals surface area contributed by atoms with Crippen molar-refractivity contribution >= 4 is 35.4 Å². The Labute approximate surface area is 208 Å². The molecule has 184 valence electrons. The van der Waals surface area contributed by atoms with Gasteiger partial charge in [-0.2, -0.15) is 20.1 Å². The zero-order chi connectivity index (χ0) is 25.5. The number of methoxy groups -OCH3 is 1. The van der Waals surface area contributed by atoms with Crippen LogP contribution in [0.4, 0.5) is 30.8 Å². The molecular weight excluding hydrogens is 497 g/mol. The van der Waals surface area contributed by atoms with E-state index >= 15 is 0 Å². The van der Waals surface area contributed by atoms with Crippen LogP contribution in [0.25, 0.3) is 11.4 Å². The zero-order valence-corrected chi connectivity index (χ0v) is 19.4. The lowest BCUT2D eigenvalue weighted by atomic mass is 10.2. The lowest BCUT2D eigenvalue weighted by Gasteiger charge is -2.10. The molecular formula is C24H18ClF3N6O2. The summed E-state index contributed by atoms with van der Waals surface area (Å²) in [4.78, 5) is 13.2. The minimum absolute atomic E-state index is 0.132. The van der Waals surface area contributed by atoms with Crippen LogP contribution in [0.15, 0.2) is 77.9 Å². The van der Waals surface area contributed by atoms with Crippen molar-refractivity contribution < 1.29 is 22.6 Å². The van der Waals surface area contributed by atoms with Gasteiger partial charge in [0.1, 0.15) is 11.5 Å². The first-order chi connectivity index (χ1) is 17.3. The van der Waals surface area contributed by atoms with Crippen molar-refractivity contribution in [2.45, 2.75) is 6.36 Å². The Morgan fingerprint density at radius 3 is 2.31 bits per heavy atom. The van der Waals surface area contributed by atoms with Crippen LogP contribution in [-0.4, -0.2) is 34.6 Å². The monoisotopic (exact) mass is 514 g/mol. The van der Waals surface area contributed by atoms with E-state index in [9.17, 15) is 13.2 Å². The smallest absolute Gasteiger partial charge is 0.497 e. The van der Waals surface area contributed by atoms with Gasteiger partial charge >= 0.3 is 6.36 Å². The van der Waals surface area contributed by atoms with Crippen molar-refractivity contribution in [2.75, 3.05) is 17.9 Å². The van der Waals surface area contributed by atoms with E-state index in [2.05, 4.69) is 35.5 Å². The Bertz CT molecular complexity index is 1350. The molecule has 0 radical (unpaired) electrons. The van der Waals surface area contributed by atoms with E-state index in [1.165, 1.54) is 30.5 Å². The quantitative estimate of drug-likeness (QED) is 0.211. The molecule has 12 heteroatoms. The molecule has 1 heterocycles. The average molecular weight is 515 g/mol. The summed E-state index contributed by atoms with van der Waals surface area (Å²) in [5, 5.41) is 7.76. The lowest BCUT2D eigenvalue weighted by molar-refractivity contribution is -0.274. The fourth-order valence-electron chi connectivity index (χ4n) is 2.96. The number of hydrazone groups is 1. The predicted octanol–water partition coefficient (Wildman–Crippen LogP) is 6.29. The van der Waals surface area contributed by atoms with E-state index in [1.54, 1.807) is 43.5 Å². The summed E-state index contributed by atoms with van der Waals surface area (Å²) in [6, 6.07) is 19.4. The van der Waals surface area contributed by atoms with Gasteiger partial charge in [-0.1, -0.05) is 23.7 Å². The molecule has 1 aromatic heterocycles. The van der Waals surface area contributed by atoms with E-state index in [-0.39, 0.29) is 17.6 Å². The molecule has 0 bridgehead atoms. The molecule has 0 fully saturated rings. The van der Waals surface area contributed by atoms with Crippen LogP contribution < -0.4 is 20.2 Å². The summed E-state index contributed by atoms with van der Waals surface area (Å²) in [5.74, 6) is 1.03. The molecule has 8 nitrogen and oxygen atoms in total. The molecule has 0 aliphatic carbocycles. The SMILES string of the molecule is COc1cccc(-c2nc(N/N=C\c3ccc(OC(F)(F)F)cc3)nc(Nc3ccc(Cl)cc3)n2)c1. The highest BCUT2D eigenvalue weighted by atomic mass is 35.5. The standard InChI is InChI=1S/C24H18ClF3N6O2/c1-35-20-4-2-3-16(13-20)21-31-22(30-18-9-7-17(25)8-10-18)33-23(32-21)34-29-14-15-5-11-19(12-6-15)36-24(26,27)28/h2-14H,1H3,(H2,30,31,32,33,34)/b29-14-. The largest absolute Gasteiger partial charge is 0.573 e. The van der Waals surface area contributed by atoms with Crippen molar-refractivity contribution in [2.24, 2.45) is 5.10 Å². The summed E-state index contributed by atoms with van der Waals surface area (Å²) in [7, 11) is 1.56. The van der Waals surface area contributed by atoms with E-state index < -0.39 is 6.36 Å². The highest BCUT2D eigenvalue weighted by Gasteiger charge is 2.30. The molecule has 0 spiro atoms. The Hall–Kier alpha value is -4.38. The molecule has 0 aliphatic heterocycles. The van der Waals surface area contributed by atoms with Gasteiger partial charge in [-0.05, 0) is 66.2 Å². The van der Waals surface area contributed by atoms with Crippen LogP contribution in [0.1, 0.15) is 5.56 Å². The first-order valence-electron chi connectivity index (χ1n) is 10.4. The number of rotatable bonds is 8. The zero-order valence-electron chi connectivity index (χ0n) is 18.6. The number of benzene rings is 3. The second-order valence-electron chi connectivity index (χ2n) is 7.16. The van der Waals surface area contributed by atoms with Crippen LogP contribution in [0.2, 0.25) is 5.02 Å². The van der Waals surface area contributed by atoms with Gasteiger partial charge < -0.3 is 14.8 Å². The third-order valence-electron chi connectivity index (χ3n) is 4.56. The first-order valence-corrected chi connectivity index (χ1v) is 10.7. The average Bonchev–Trinajstić information content (AvgIpc) is 2.85. The molecule has 2 N–H and O–H groups in total. The summed E-state index contributed by atoms with van der Waals surface area (Å²) in [5.41, 5.74) is 4.64. The van der Waals surface area contributed by atoms with Crippen LogP contribution in [0.5, 0.6) is 11.5 Å². The number of nitrogens with one attached hydrogen (secondary N) is 2. The third kappa shape index (κ3) is 7.06. The molecule has 3 aromatic carbocycles. The summed E-state index contributed by atoms with van der Waals surface area (Å²) in [6.45, 7) is 0. The third-order valence-corrected chi connectivity index (χ3v) is 4.81. The van der Waals surface area contributed by atoms with Crippen LogP contribution in [-0.2, 0) is 0 Å². The molecule has 0 saturated heterocycles. The Morgan fingerprint density at radius 1 is 0.889 bits per heavy atom.